The SMILES string of the molecule is O=S(=O)(c1ccc(Cl)cc1C(F)(F)F)N1CCN(CCOc2ccccc2)CC1. The molecular weight excluding hydrogens is 429 g/mol. The first-order valence-corrected chi connectivity index (χ1v) is 10.8. The van der Waals surface area contributed by atoms with Gasteiger partial charge in [0.2, 0.25) is 10.0 Å². The molecule has 2 aromatic carbocycles. The Morgan fingerprint density at radius 1 is 1.00 bits per heavy atom. The minimum absolute atomic E-state index is 0.105. The monoisotopic (exact) mass is 448 g/mol. The second-order valence-corrected chi connectivity index (χ2v) is 8.89. The van der Waals surface area contributed by atoms with Crippen molar-refractivity contribution < 1.29 is 26.3 Å². The molecule has 0 aromatic heterocycles. The lowest BCUT2D eigenvalue weighted by atomic mass is 10.2. The summed E-state index contributed by atoms with van der Waals surface area (Å²) in [6.45, 7) is 2.06. The molecule has 0 aliphatic carbocycles. The summed E-state index contributed by atoms with van der Waals surface area (Å²) in [5, 5.41) is -0.167. The van der Waals surface area contributed by atoms with Gasteiger partial charge in [0.1, 0.15) is 12.4 Å². The number of benzene rings is 2. The summed E-state index contributed by atoms with van der Waals surface area (Å²) in [7, 11) is -4.28. The van der Waals surface area contributed by atoms with Crippen molar-refractivity contribution in [1.82, 2.24) is 9.21 Å². The van der Waals surface area contributed by atoms with E-state index in [0.717, 1.165) is 22.2 Å². The van der Waals surface area contributed by atoms with E-state index in [-0.39, 0.29) is 18.1 Å². The summed E-state index contributed by atoms with van der Waals surface area (Å²) in [5.41, 5.74) is -1.25. The highest BCUT2D eigenvalue weighted by Crippen LogP contribution is 2.37. The largest absolute Gasteiger partial charge is 0.492 e. The van der Waals surface area contributed by atoms with Gasteiger partial charge >= 0.3 is 6.18 Å². The van der Waals surface area contributed by atoms with Crippen LogP contribution in [0.25, 0.3) is 0 Å². The normalized spacial score (nSPS) is 16.7. The first-order chi connectivity index (χ1) is 13.7. The second kappa shape index (κ2) is 8.91. The van der Waals surface area contributed by atoms with Crippen LogP contribution in [-0.4, -0.2) is 57.0 Å². The van der Waals surface area contributed by atoms with E-state index in [1.807, 2.05) is 35.2 Å². The number of nitrogens with zero attached hydrogens (tertiary/aromatic N) is 2. The van der Waals surface area contributed by atoms with E-state index in [9.17, 15) is 21.6 Å². The van der Waals surface area contributed by atoms with Crippen LogP contribution in [0.1, 0.15) is 5.56 Å². The zero-order chi connectivity index (χ0) is 21.1. The molecule has 1 heterocycles. The smallest absolute Gasteiger partial charge is 0.417 e. The van der Waals surface area contributed by atoms with Crippen LogP contribution in [0.4, 0.5) is 13.2 Å². The molecule has 0 saturated carbocycles. The Hall–Kier alpha value is -1.81. The third-order valence-electron chi connectivity index (χ3n) is 4.62. The molecule has 158 valence electrons. The molecule has 1 aliphatic heterocycles. The Balaban J connectivity index is 1.62. The van der Waals surface area contributed by atoms with Gasteiger partial charge in [0.05, 0.1) is 10.5 Å². The molecule has 5 nitrogen and oxygen atoms in total. The van der Waals surface area contributed by atoms with E-state index in [1.165, 1.54) is 0 Å². The van der Waals surface area contributed by atoms with Gasteiger partial charge in [-0.05, 0) is 30.3 Å². The van der Waals surface area contributed by atoms with E-state index in [1.54, 1.807) is 0 Å². The summed E-state index contributed by atoms with van der Waals surface area (Å²) in [5.74, 6) is 0.746. The molecule has 3 rings (SSSR count). The van der Waals surface area contributed by atoms with Crippen molar-refractivity contribution in [3.63, 3.8) is 0 Å². The summed E-state index contributed by atoms with van der Waals surface area (Å²) in [6, 6.07) is 12.0. The van der Waals surface area contributed by atoms with Crippen LogP contribution >= 0.6 is 11.6 Å². The van der Waals surface area contributed by atoms with Crippen LogP contribution in [0.15, 0.2) is 53.4 Å². The van der Waals surface area contributed by atoms with Gasteiger partial charge in [-0.2, -0.15) is 17.5 Å². The van der Waals surface area contributed by atoms with Crippen molar-refractivity contribution in [2.75, 3.05) is 39.3 Å². The molecular formula is C19H20ClF3N2O3S. The minimum Gasteiger partial charge on any atom is -0.492 e. The molecule has 0 unspecified atom stereocenters. The number of para-hydroxylation sites is 1. The van der Waals surface area contributed by atoms with E-state index in [0.29, 0.717) is 32.3 Å². The van der Waals surface area contributed by atoms with E-state index >= 15 is 0 Å². The first-order valence-electron chi connectivity index (χ1n) is 8.95. The lowest BCUT2D eigenvalue weighted by Gasteiger charge is -2.34. The molecule has 1 aliphatic rings. The van der Waals surface area contributed by atoms with Crippen LogP contribution in [0.5, 0.6) is 5.75 Å². The summed E-state index contributed by atoms with van der Waals surface area (Å²) in [4.78, 5) is 1.25. The van der Waals surface area contributed by atoms with E-state index in [2.05, 4.69) is 0 Å². The van der Waals surface area contributed by atoms with Crippen LogP contribution < -0.4 is 4.74 Å². The fourth-order valence-corrected chi connectivity index (χ4v) is 4.88. The third kappa shape index (κ3) is 5.42. The Morgan fingerprint density at radius 2 is 1.66 bits per heavy atom. The lowest BCUT2D eigenvalue weighted by molar-refractivity contribution is -0.139. The van der Waals surface area contributed by atoms with Crippen molar-refractivity contribution >= 4 is 21.6 Å². The topological polar surface area (TPSA) is 49.9 Å². The quantitative estimate of drug-likeness (QED) is 0.675. The predicted octanol–water partition coefficient (Wildman–Crippen LogP) is 3.74. The van der Waals surface area contributed by atoms with Gasteiger partial charge in [0, 0.05) is 37.7 Å². The number of halogens is 4. The standard InChI is InChI=1S/C19H20ClF3N2O3S/c20-15-6-7-18(17(14-15)19(21,22)23)29(26,27)25-10-8-24(9-11-25)12-13-28-16-4-2-1-3-5-16/h1-7,14H,8-13H2. The molecule has 0 amide bonds. The number of sulfonamides is 1. The van der Waals surface area contributed by atoms with Gasteiger partial charge in [-0.1, -0.05) is 29.8 Å². The Labute approximate surface area is 172 Å². The first kappa shape index (κ1) is 21.9. The fourth-order valence-electron chi connectivity index (χ4n) is 3.09. The van der Waals surface area contributed by atoms with Crippen molar-refractivity contribution in [2.45, 2.75) is 11.1 Å². The molecule has 0 spiro atoms. The molecule has 1 saturated heterocycles. The van der Waals surface area contributed by atoms with Crippen LogP contribution in [-0.2, 0) is 16.2 Å². The van der Waals surface area contributed by atoms with Crippen LogP contribution in [0.3, 0.4) is 0 Å². The van der Waals surface area contributed by atoms with E-state index < -0.39 is 26.7 Å². The van der Waals surface area contributed by atoms with Crippen molar-refractivity contribution in [3.8, 4) is 5.75 Å². The molecule has 2 aromatic rings. The maximum Gasteiger partial charge on any atom is 0.417 e. The Morgan fingerprint density at radius 3 is 2.28 bits per heavy atom. The number of hydrogen-bond acceptors (Lipinski definition) is 4. The van der Waals surface area contributed by atoms with E-state index in [4.69, 9.17) is 16.3 Å². The molecule has 29 heavy (non-hydrogen) atoms. The number of rotatable bonds is 6. The number of hydrogen-bond donors (Lipinski definition) is 0. The van der Waals surface area contributed by atoms with Crippen LogP contribution in [0.2, 0.25) is 5.02 Å². The van der Waals surface area contributed by atoms with Crippen LogP contribution in [0, 0.1) is 0 Å². The van der Waals surface area contributed by atoms with Gasteiger partial charge in [-0.3, -0.25) is 4.90 Å². The van der Waals surface area contributed by atoms with Gasteiger partial charge < -0.3 is 4.74 Å². The molecule has 0 bridgehead atoms. The average molecular weight is 449 g/mol. The second-order valence-electron chi connectivity index (χ2n) is 6.55. The highest BCUT2D eigenvalue weighted by Gasteiger charge is 2.40. The zero-order valence-corrected chi connectivity index (χ0v) is 17.0. The van der Waals surface area contributed by atoms with Gasteiger partial charge in [-0.25, -0.2) is 8.42 Å². The van der Waals surface area contributed by atoms with Crippen molar-refractivity contribution in [2.24, 2.45) is 0 Å². The Kier molecular flexibility index (Phi) is 6.72. The zero-order valence-electron chi connectivity index (χ0n) is 15.4. The molecule has 0 atom stereocenters. The van der Waals surface area contributed by atoms with Gasteiger partial charge in [-0.15, -0.1) is 0 Å². The Bertz CT molecular complexity index is 931. The maximum absolute atomic E-state index is 13.3. The predicted molar refractivity (Wildman–Crippen MR) is 104 cm³/mol. The highest BCUT2D eigenvalue weighted by molar-refractivity contribution is 7.89. The number of ether oxygens (including phenoxy) is 1. The van der Waals surface area contributed by atoms with Gasteiger partial charge in [0.25, 0.3) is 0 Å². The third-order valence-corrected chi connectivity index (χ3v) is 6.81. The summed E-state index contributed by atoms with van der Waals surface area (Å²) >= 11 is 5.64. The minimum atomic E-state index is -4.82. The van der Waals surface area contributed by atoms with Crippen molar-refractivity contribution in [1.29, 1.82) is 0 Å². The maximum atomic E-state index is 13.3. The number of piperazine rings is 1. The molecule has 0 radical (unpaired) electrons. The molecule has 10 heteroatoms. The van der Waals surface area contributed by atoms with Gasteiger partial charge in [0.15, 0.2) is 0 Å². The average Bonchev–Trinajstić information content (AvgIpc) is 2.68. The lowest BCUT2D eigenvalue weighted by Crippen LogP contribution is -2.49. The molecule has 1 fully saturated rings. The summed E-state index contributed by atoms with van der Waals surface area (Å²) in [6.07, 6.45) is -4.82. The highest BCUT2D eigenvalue weighted by atomic mass is 35.5. The number of alkyl halides is 3. The summed E-state index contributed by atoms with van der Waals surface area (Å²) < 4.78 is 72.2. The van der Waals surface area contributed by atoms with Crippen molar-refractivity contribution in [3.05, 3.63) is 59.1 Å². The molecule has 0 N–H and O–H groups in total. The fraction of sp³-hybridized carbons (Fsp3) is 0.368.